The first-order valence-electron chi connectivity index (χ1n) is 7.81. The van der Waals surface area contributed by atoms with Crippen molar-refractivity contribution in [2.24, 2.45) is 0 Å². The first-order valence-corrected chi connectivity index (χ1v) is 8.19. The molecule has 24 heavy (non-hydrogen) atoms. The Hall–Kier alpha value is -2.40. The Morgan fingerprint density at radius 2 is 1.92 bits per heavy atom. The molecule has 1 heterocycles. The number of hydrogen-bond donors (Lipinski definition) is 2. The van der Waals surface area contributed by atoms with Crippen molar-refractivity contribution in [2.75, 3.05) is 30.4 Å². The summed E-state index contributed by atoms with van der Waals surface area (Å²) in [6.45, 7) is 3.57. The van der Waals surface area contributed by atoms with Gasteiger partial charge in [0.1, 0.15) is 13.2 Å². The maximum Gasteiger partial charge on any atom is 0.226 e. The second-order valence-corrected chi connectivity index (χ2v) is 5.98. The lowest BCUT2D eigenvalue weighted by Crippen LogP contribution is -2.17. The van der Waals surface area contributed by atoms with Gasteiger partial charge in [0.25, 0.3) is 0 Å². The SMILES string of the molecule is Cc1ccc(Cl)cc1NC(=O)CCNc1ccc2c(c1)OCCO2. The average Bonchev–Trinajstić information content (AvgIpc) is 2.58. The highest BCUT2D eigenvalue weighted by Gasteiger charge is 2.12. The molecule has 0 aliphatic carbocycles. The number of carbonyl (C=O) groups is 1. The summed E-state index contributed by atoms with van der Waals surface area (Å²) in [5.74, 6) is 1.41. The summed E-state index contributed by atoms with van der Waals surface area (Å²) < 4.78 is 11.0. The van der Waals surface area contributed by atoms with E-state index in [9.17, 15) is 4.79 Å². The van der Waals surface area contributed by atoms with E-state index in [2.05, 4.69) is 10.6 Å². The Morgan fingerprint density at radius 3 is 2.75 bits per heavy atom. The van der Waals surface area contributed by atoms with E-state index in [1.54, 1.807) is 12.1 Å². The number of carbonyl (C=O) groups excluding carboxylic acids is 1. The number of nitrogens with one attached hydrogen (secondary N) is 2. The minimum atomic E-state index is -0.0644. The van der Waals surface area contributed by atoms with E-state index >= 15 is 0 Å². The molecule has 5 nitrogen and oxygen atoms in total. The Morgan fingerprint density at radius 1 is 1.12 bits per heavy atom. The van der Waals surface area contributed by atoms with Crippen LogP contribution in [-0.2, 0) is 4.79 Å². The van der Waals surface area contributed by atoms with Gasteiger partial charge in [-0.15, -0.1) is 0 Å². The summed E-state index contributed by atoms with van der Waals surface area (Å²) in [4.78, 5) is 12.1. The molecular weight excluding hydrogens is 328 g/mol. The largest absolute Gasteiger partial charge is 0.486 e. The molecule has 1 aliphatic heterocycles. The van der Waals surface area contributed by atoms with E-state index in [1.165, 1.54) is 0 Å². The maximum atomic E-state index is 12.1. The molecule has 2 N–H and O–H groups in total. The smallest absolute Gasteiger partial charge is 0.226 e. The fraction of sp³-hybridized carbons (Fsp3) is 0.278. The highest BCUT2D eigenvalue weighted by atomic mass is 35.5. The fourth-order valence-corrected chi connectivity index (χ4v) is 2.59. The predicted octanol–water partition coefficient (Wildman–Crippen LogP) is 3.86. The van der Waals surface area contributed by atoms with Crippen molar-refractivity contribution < 1.29 is 14.3 Å². The fourth-order valence-electron chi connectivity index (χ4n) is 2.42. The second-order valence-electron chi connectivity index (χ2n) is 5.54. The van der Waals surface area contributed by atoms with Gasteiger partial charge < -0.3 is 20.1 Å². The molecule has 0 saturated heterocycles. The molecule has 0 spiro atoms. The summed E-state index contributed by atoms with van der Waals surface area (Å²) in [7, 11) is 0. The predicted molar refractivity (Wildman–Crippen MR) is 95.4 cm³/mol. The van der Waals surface area contributed by atoms with Crippen molar-refractivity contribution in [3.8, 4) is 11.5 Å². The van der Waals surface area contributed by atoms with Gasteiger partial charge in [0.2, 0.25) is 5.91 Å². The Labute approximate surface area is 145 Å². The molecule has 0 saturated carbocycles. The van der Waals surface area contributed by atoms with Gasteiger partial charge in [-0.3, -0.25) is 4.79 Å². The summed E-state index contributed by atoms with van der Waals surface area (Å²) in [5, 5.41) is 6.70. The van der Waals surface area contributed by atoms with Gasteiger partial charge in [0, 0.05) is 35.4 Å². The molecule has 2 aromatic rings. The van der Waals surface area contributed by atoms with E-state index in [1.807, 2.05) is 31.2 Å². The topological polar surface area (TPSA) is 59.6 Å². The summed E-state index contributed by atoms with van der Waals surface area (Å²) in [6.07, 6.45) is 0.348. The van der Waals surface area contributed by atoms with Crippen molar-refractivity contribution in [1.29, 1.82) is 0 Å². The Bertz CT molecular complexity index is 749. The van der Waals surface area contributed by atoms with Gasteiger partial charge in [-0.05, 0) is 36.8 Å². The van der Waals surface area contributed by atoms with Gasteiger partial charge in [0.15, 0.2) is 11.5 Å². The van der Waals surface area contributed by atoms with Crippen molar-refractivity contribution in [1.82, 2.24) is 0 Å². The van der Waals surface area contributed by atoms with Gasteiger partial charge >= 0.3 is 0 Å². The third-order valence-electron chi connectivity index (χ3n) is 3.70. The van der Waals surface area contributed by atoms with Crippen LogP contribution in [0.15, 0.2) is 36.4 Å². The van der Waals surface area contributed by atoms with Crippen molar-refractivity contribution in [3.05, 3.63) is 47.0 Å². The number of hydrogen-bond acceptors (Lipinski definition) is 4. The molecule has 2 aromatic carbocycles. The highest BCUT2D eigenvalue weighted by molar-refractivity contribution is 6.31. The summed E-state index contributed by atoms with van der Waals surface area (Å²) in [5.41, 5.74) is 2.62. The van der Waals surface area contributed by atoms with Crippen molar-refractivity contribution >= 4 is 28.9 Å². The lowest BCUT2D eigenvalue weighted by Gasteiger charge is -2.19. The number of rotatable bonds is 5. The molecule has 3 rings (SSSR count). The lowest BCUT2D eigenvalue weighted by atomic mass is 10.2. The number of amides is 1. The van der Waals surface area contributed by atoms with Crippen LogP contribution in [0.2, 0.25) is 5.02 Å². The number of benzene rings is 2. The molecule has 0 bridgehead atoms. The standard InChI is InChI=1S/C18H19ClN2O3/c1-12-2-3-13(19)10-15(12)21-18(22)6-7-20-14-4-5-16-17(11-14)24-9-8-23-16/h2-5,10-11,20H,6-9H2,1H3,(H,21,22). The van der Waals surface area contributed by atoms with Gasteiger partial charge in [0.05, 0.1) is 0 Å². The molecule has 126 valence electrons. The summed E-state index contributed by atoms with van der Waals surface area (Å²) >= 11 is 5.96. The first-order chi connectivity index (χ1) is 11.6. The average molecular weight is 347 g/mol. The minimum Gasteiger partial charge on any atom is -0.486 e. The number of aryl methyl sites for hydroxylation is 1. The van der Waals surface area contributed by atoms with Crippen LogP contribution in [0.25, 0.3) is 0 Å². The number of anilines is 2. The van der Waals surface area contributed by atoms with Crippen molar-refractivity contribution in [2.45, 2.75) is 13.3 Å². The zero-order valence-electron chi connectivity index (χ0n) is 13.4. The van der Waals surface area contributed by atoms with Crippen LogP contribution in [0.4, 0.5) is 11.4 Å². The number of fused-ring (bicyclic) bond motifs is 1. The lowest BCUT2D eigenvalue weighted by molar-refractivity contribution is -0.115. The van der Waals surface area contributed by atoms with Crippen molar-refractivity contribution in [3.63, 3.8) is 0 Å². The molecule has 0 unspecified atom stereocenters. The third kappa shape index (κ3) is 4.11. The Balaban J connectivity index is 1.51. The molecule has 0 atom stereocenters. The molecule has 1 amide bonds. The van der Waals surface area contributed by atoms with Gasteiger partial charge in [-0.25, -0.2) is 0 Å². The van der Waals surface area contributed by atoms with Gasteiger partial charge in [-0.2, -0.15) is 0 Å². The zero-order valence-corrected chi connectivity index (χ0v) is 14.2. The Kier molecular flexibility index (Phi) is 5.11. The van der Waals surface area contributed by atoms with E-state index in [0.717, 1.165) is 28.4 Å². The quantitative estimate of drug-likeness (QED) is 0.863. The number of ether oxygens (including phenoxy) is 2. The normalized spacial score (nSPS) is 12.6. The highest BCUT2D eigenvalue weighted by Crippen LogP contribution is 2.32. The minimum absolute atomic E-state index is 0.0644. The number of halogens is 1. The van der Waals surface area contributed by atoms with Crippen LogP contribution in [0.5, 0.6) is 11.5 Å². The van der Waals surface area contributed by atoms with E-state index in [-0.39, 0.29) is 5.91 Å². The third-order valence-corrected chi connectivity index (χ3v) is 3.93. The maximum absolute atomic E-state index is 12.1. The second kappa shape index (κ2) is 7.45. The van der Waals surface area contributed by atoms with Crippen LogP contribution in [0.1, 0.15) is 12.0 Å². The van der Waals surface area contributed by atoms with Crippen LogP contribution in [0.3, 0.4) is 0 Å². The monoisotopic (exact) mass is 346 g/mol. The van der Waals surface area contributed by atoms with E-state index < -0.39 is 0 Å². The summed E-state index contributed by atoms with van der Waals surface area (Å²) in [6, 6.07) is 11.1. The first kappa shape index (κ1) is 16.5. The van der Waals surface area contributed by atoms with E-state index in [4.69, 9.17) is 21.1 Å². The molecule has 0 radical (unpaired) electrons. The van der Waals surface area contributed by atoms with Gasteiger partial charge in [-0.1, -0.05) is 17.7 Å². The van der Waals surface area contributed by atoms with E-state index in [0.29, 0.717) is 31.2 Å². The van der Waals surface area contributed by atoms with Crippen LogP contribution in [-0.4, -0.2) is 25.7 Å². The molecule has 1 aliphatic rings. The molecular formula is C18H19ClN2O3. The molecule has 0 aromatic heterocycles. The molecule has 0 fully saturated rings. The van der Waals surface area contributed by atoms with Crippen LogP contribution >= 0.6 is 11.6 Å². The van der Waals surface area contributed by atoms with Crippen LogP contribution in [0, 0.1) is 6.92 Å². The van der Waals surface area contributed by atoms with Crippen LogP contribution < -0.4 is 20.1 Å². The molecule has 6 heteroatoms. The zero-order chi connectivity index (χ0) is 16.9.